The third-order valence-electron chi connectivity index (χ3n) is 1.75. The first-order chi connectivity index (χ1) is 6.47. The molecule has 4 nitrogen and oxygen atoms in total. The lowest BCUT2D eigenvalue weighted by atomic mass is 9.97. The van der Waals surface area contributed by atoms with E-state index in [9.17, 15) is 9.59 Å². The van der Waals surface area contributed by atoms with Crippen molar-refractivity contribution in [1.29, 1.82) is 0 Å². The molecule has 0 aliphatic heterocycles. The van der Waals surface area contributed by atoms with Crippen molar-refractivity contribution in [2.75, 3.05) is 6.54 Å². The summed E-state index contributed by atoms with van der Waals surface area (Å²) in [5.41, 5.74) is 0. The fourth-order valence-electron chi connectivity index (χ4n) is 1.11. The van der Waals surface area contributed by atoms with E-state index in [4.69, 9.17) is 11.5 Å². The number of carbonyl (C=O) groups excluding carboxylic acids is 1. The molecule has 0 aliphatic carbocycles. The molecule has 2 N–H and O–H groups in total. The summed E-state index contributed by atoms with van der Waals surface area (Å²) in [5.74, 6) is 0.108. The van der Waals surface area contributed by atoms with Crippen LogP contribution in [0, 0.1) is 24.2 Å². The molecule has 78 valence electrons. The van der Waals surface area contributed by atoms with Crippen LogP contribution in [-0.2, 0) is 9.59 Å². The van der Waals surface area contributed by atoms with Crippen molar-refractivity contribution in [3.63, 3.8) is 0 Å². The Hall–Kier alpha value is -1.50. The van der Waals surface area contributed by atoms with Gasteiger partial charge in [-0.1, -0.05) is 13.8 Å². The number of terminal acetylenes is 1. The zero-order chi connectivity index (χ0) is 11.1. The molecule has 0 aromatic rings. The lowest BCUT2D eigenvalue weighted by Crippen LogP contribution is -2.32. The lowest BCUT2D eigenvalue weighted by molar-refractivity contribution is -0.142. The predicted molar refractivity (Wildman–Crippen MR) is 52.4 cm³/mol. The van der Waals surface area contributed by atoms with Crippen LogP contribution >= 0.6 is 0 Å². The average molecular weight is 197 g/mol. The van der Waals surface area contributed by atoms with Crippen molar-refractivity contribution in [3.8, 4) is 12.3 Å². The van der Waals surface area contributed by atoms with Gasteiger partial charge in [0.25, 0.3) is 5.91 Å². The number of carbonyl (C=O) groups is 2. The molecular formula is C10H15NO3. The van der Waals surface area contributed by atoms with Crippen LogP contribution in [0.15, 0.2) is 0 Å². The molecule has 0 aromatic carbocycles. The fourth-order valence-corrected chi connectivity index (χ4v) is 1.11. The smallest absolute Gasteiger partial charge is 0.308 e. The number of hydrogen-bond donors (Lipinski definition) is 2. The first kappa shape index (κ1) is 12.5. The molecule has 0 saturated carbocycles. The molecule has 0 fully saturated rings. The number of nitrogens with one attached hydrogen (secondary N) is 1. The normalized spacial score (nSPS) is 11.9. The van der Waals surface area contributed by atoms with Crippen molar-refractivity contribution in [2.45, 2.75) is 20.3 Å². The second kappa shape index (κ2) is 6.03. The number of aliphatic carboxylic acids is 1. The Kier molecular flexibility index (Phi) is 5.38. The molecule has 0 rings (SSSR count). The van der Waals surface area contributed by atoms with Crippen LogP contribution in [0.2, 0.25) is 0 Å². The highest BCUT2D eigenvalue weighted by Gasteiger charge is 2.18. The van der Waals surface area contributed by atoms with E-state index in [-0.39, 0.29) is 12.5 Å². The van der Waals surface area contributed by atoms with E-state index >= 15 is 0 Å². The third-order valence-corrected chi connectivity index (χ3v) is 1.75. The van der Waals surface area contributed by atoms with Gasteiger partial charge in [0.2, 0.25) is 0 Å². The van der Waals surface area contributed by atoms with Gasteiger partial charge < -0.3 is 10.4 Å². The maximum Gasteiger partial charge on any atom is 0.308 e. The van der Waals surface area contributed by atoms with E-state index in [2.05, 4.69) is 5.32 Å². The van der Waals surface area contributed by atoms with Crippen LogP contribution in [0.25, 0.3) is 0 Å². The van der Waals surface area contributed by atoms with Crippen molar-refractivity contribution in [3.05, 3.63) is 0 Å². The minimum absolute atomic E-state index is 0.0938. The Morgan fingerprint density at radius 3 is 2.43 bits per heavy atom. The third kappa shape index (κ3) is 5.20. The summed E-state index contributed by atoms with van der Waals surface area (Å²) in [6.45, 7) is 3.95. The maximum atomic E-state index is 10.7. The molecular weight excluding hydrogens is 182 g/mol. The highest BCUT2D eigenvalue weighted by atomic mass is 16.4. The van der Waals surface area contributed by atoms with E-state index in [1.54, 1.807) is 0 Å². The second-order valence-corrected chi connectivity index (χ2v) is 3.52. The van der Waals surface area contributed by atoms with Gasteiger partial charge in [0, 0.05) is 6.54 Å². The van der Waals surface area contributed by atoms with Gasteiger partial charge in [0.15, 0.2) is 0 Å². The van der Waals surface area contributed by atoms with Crippen LogP contribution < -0.4 is 5.32 Å². The highest BCUT2D eigenvalue weighted by Crippen LogP contribution is 2.10. The minimum atomic E-state index is -0.906. The molecule has 1 amide bonds. The van der Waals surface area contributed by atoms with Gasteiger partial charge >= 0.3 is 5.97 Å². The second-order valence-electron chi connectivity index (χ2n) is 3.52. The zero-order valence-corrected chi connectivity index (χ0v) is 8.41. The Morgan fingerprint density at radius 2 is 2.07 bits per heavy atom. The molecule has 0 spiro atoms. The fraction of sp³-hybridized carbons (Fsp3) is 0.600. The zero-order valence-electron chi connectivity index (χ0n) is 8.41. The van der Waals surface area contributed by atoms with E-state index < -0.39 is 17.8 Å². The van der Waals surface area contributed by atoms with Crippen LogP contribution in [0.3, 0.4) is 0 Å². The van der Waals surface area contributed by atoms with Crippen LogP contribution in [0.4, 0.5) is 0 Å². The highest BCUT2D eigenvalue weighted by molar-refractivity contribution is 5.93. The first-order valence-corrected chi connectivity index (χ1v) is 4.44. The van der Waals surface area contributed by atoms with Gasteiger partial charge in [-0.2, -0.15) is 0 Å². The number of carboxylic acid groups (broad SMARTS) is 1. The molecule has 0 bridgehead atoms. The topological polar surface area (TPSA) is 66.4 Å². The Balaban J connectivity index is 4.05. The van der Waals surface area contributed by atoms with Crippen molar-refractivity contribution < 1.29 is 14.7 Å². The molecule has 0 heterocycles. The largest absolute Gasteiger partial charge is 0.481 e. The molecule has 0 aromatic heterocycles. The first-order valence-electron chi connectivity index (χ1n) is 4.44. The van der Waals surface area contributed by atoms with Gasteiger partial charge in [-0.3, -0.25) is 9.59 Å². The molecule has 4 heteroatoms. The summed E-state index contributed by atoms with van der Waals surface area (Å²) in [5, 5.41) is 11.2. The average Bonchev–Trinajstić information content (AvgIpc) is 2.10. The van der Waals surface area contributed by atoms with Gasteiger partial charge in [-0.25, -0.2) is 0 Å². The van der Waals surface area contributed by atoms with E-state index in [1.807, 2.05) is 19.8 Å². The van der Waals surface area contributed by atoms with Crippen molar-refractivity contribution >= 4 is 11.9 Å². The Bertz CT molecular complexity index is 253. The Morgan fingerprint density at radius 1 is 1.50 bits per heavy atom. The van der Waals surface area contributed by atoms with E-state index in [0.29, 0.717) is 6.42 Å². The quantitative estimate of drug-likeness (QED) is 0.630. The molecule has 1 unspecified atom stereocenters. The molecule has 0 radical (unpaired) electrons. The summed E-state index contributed by atoms with van der Waals surface area (Å²) >= 11 is 0. The van der Waals surface area contributed by atoms with Gasteiger partial charge in [-0.05, 0) is 18.3 Å². The van der Waals surface area contributed by atoms with Crippen LogP contribution in [0.5, 0.6) is 0 Å². The van der Waals surface area contributed by atoms with Crippen molar-refractivity contribution in [2.24, 2.45) is 11.8 Å². The van der Waals surface area contributed by atoms with Gasteiger partial charge in [-0.15, -0.1) is 6.42 Å². The molecule has 0 saturated heterocycles. The number of carboxylic acids is 1. The van der Waals surface area contributed by atoms with Crippen molar-refractivity contribution in [1.82, 2.24) is 5.32 Å². The van der Waals surface area contributed by atoms with Crippen LogP contribution in [-0.4, -0.2) is 23.5 Å². The van der Waals surface area contributed by atoms with Gasteiger partial charge in [0.05, 0.1) is 5.92 Å². The number of rotatable bonds is 5. The SMILES string of the molecule is C#CC(=O)NCC(CC(C)C)C(=O)O. The molecule has 14 heavy (non-hydrogen) atoms. The predicted octanol–water partition coefficient (Wildman–Crippen LogP) is 0.483. The van der Waals surface area contributed by atoms with E-state index in [1.165, 1.54) is 0 Å². The number of amides is 1. The summed E-state index contributed by atoms with van der Waals surface area (Å²) in [4.78, 5) is 21.4. The molecule has 0 aliphatic rings. The summed E-state index contributed by atoms with van der Waals surface area (Å²) in [7, 11) is 0. The summed E-state index contributed by atoms with van der Waals surface area (Å²) in [6, 6.07) is 0. The lowest BCUT2D eigenvalue weighted by Gasteiger charge is -2.14. The Labute approximate surface area is 83.7 Å². The van der Waals surface area contributed by atoms with Crippen LogP contribution in [0.1, 0.15) is 20.3 Å². The summed E-state index contributed by atoms with van der Waals surface area (Å²) < 4.78 is 0. The minimum Gasteiger partial charge on any atom is -0.481 e. The standard InChI is InChI=1S/C10H15NO3/c1-4-9(12)11-6-8(10(13)14)5-7(2)3/h1,7-8H,5-6H2,2-3H3,(H,11,12)(H,13,14). The maximum absolute atomic E-state index is 10.7. The van der Waals surface area contributed by atoms with Gasteiger partial charge in [0.1, 0.15) is 0 Å². The van der Waals surface area contributed by atoms with E-state index in [0.717, 1.165) is 0 Å². The summed E-state index contributed by atoms with van der Waals surface area (Å²) in [6.07, 6.45) is 5.35. The molecule has 1 atom stereocenters. The number of hydrogen-bond acceptors (Lipinski definition) is 2. The monoisotopic (exact) mass is 197 g/mol.